The molecule has 0 heterocycles. The number of benzene rings is 1. The zero-order valence-electron chi connectivity index (χ0n) is 12.9. The third kappa shape index (κ3) is 5.56. The van der Waals surface area contributed by atoms with Crippen molar-refractivity contribution in [3.05, 3.63) is 23.8 Å². The van der Waals surface area contributed by atoms with Gasteiger partial charge in [0.25, 0.3) is 0 Å². The first-order chi connectivity index (χ1) is 10.2. The van der Waals surface area contributed by atoms with E-state index < -0.39 is 20.0 Å². The smallest absolute Gasteiger partial charge is 0.240 e. The van der Waals surface area contributed by atoms with E-state index in [9.17, 15) is 16.8 Å². The average Bonchev–Trinajstić information content (AvgIpc) is 2.46. The Balaban J connectivity index is 2.58. The number of hydrogen-bond donors (Lipinski definition) is 2. The molecule has 0 atom stereocenters. The maximum Gasteiger partial charge on any atom is 0.240 e. The molecule has 2 N–H and O–H groups in total. The van der Waals surface area contributed by atoms with E-state index in [4.69, 9.17) is 4.74 Å². The summed E-state index contributed by atoms with van der Waals surface area (Å²) in [6, 6.07) is 4.71. The molecule has 0 spiro atoms. The minimum absolute atomic E-state index is 0.00374. The van der Waals surface area contributed by atoms with Crippen LogP contribution in [0.5, 0.6) is 5.75 Å². The first-order valence-electron chi connectivity index (χ1n) is 6.83. The molecule has 22 heavy (non-hydrogen) atoms. The standard InChI is InChI=1S/C13H22N2O5S2/c1-4-21(16,17)14-8-5-9-15-22(18,19)13-7-6-12(20-3)10-11(13)2/h6-7,10,14-15H,4-5,8-9H2,1-3H3. The minimum atomic E-state index is -3.62. The third-order valence-corrected chi connectivity index (χ3v) is 6.04. The Morgan fingerprint density at radius 3 is 2.27 bits per heavy atom. The van der Waals surface area contributed by atoms with Crippen LogP contribution in [0.3, 0.4) is 0 Å². The molecule has 1 aromatic carbocycles. The van der Waals surface area contributed by atoms with Gasteiger partial charge in [-0.15, -0.1) is 0 Å². The molecular formula is C13H22N2O5S2. The fourth-order valence-electron chi connectivity index (χ4n) is 1.75. The van der Waals surface area contributed by atoms with Crippen molar-refractivity contribution < 1.29 is 21.6 Å². The lowest BCUT2D eigenvalue weighted by atomic mass is 10.2. The Morgan fingerprint density at radius 2 is 1.73 bits per heavy atom. The van der Waals surface area contributed by atoms with Gasteiger partial charge in [-0.25, -0.2) is 26.3 Å². The van der Waals surface area contributed by atoms with Crippen molar-refractivity contribution in [2.45, 2.75) is 25.2 Å². The van der Waals surface area contributed by atoms with E-state index in [1.165, 1.54) is 20.1 Å². The van der Waals surface area contributed by atoms with Crippen LogP contribution in [0.25, 0.3) is 0 Å². The van der Waals surface area contributed by atoms with E-state index in [0.29, 0.717) is 17.7 Å². The number of methoxy groups -OCH3 is 1. The molecule has 0 aromatic heterocycles. The summed E-state index contributed by atoms with van der Waals surface area (Å²) in [5.41, 5.74) is 0.582. The quantitative estimate of drug-likeness (QED) is 0.636. The highest BCUT2D eigenvalue weighted by Gasteiger charge is 2.16. The van der Waals surface area contributed by atoms with Crippen LogP contribution in [-0.2, 0) is 20.0 Å². The lowest BCUT2D eigenvalue weighted by Crippen LogP contribution is -2.30. The molecule has 0 unspecified atom stereocenters. The van der Waals surface area contributed by atoms with Crippen LogP contribution in [0.2, 0.25) is 0 Å². The summed E-state index contributed by atoms with van der Waals surface area (Å²) in [5.74, 6) is 0.592. The van der Waals surface area contributed by atoms with Gasteiger partial charge >= 0.3 is 0 Å². The number of nitrogens with one attached hydrogen (secondary N) is 2. The lowest BCUT2D eigenvalue weighted by molar-refractivity contribution is 0.414. The SMILES string of the molecule is CCS(=O)(=O)NCCCNS(=O)(=O)c1ccc(OC)cc1C. The highest BCUT2D eigenvalue weighted by atomic mass is 32.2. The number of hydrogen-bond acceptors (Lipinski definition) is 5. The summed E-state index contributed by atoms with van der Waals surface area (Å²) in [6.45, 7) is 3.57. The van der Waals surface area contributed by atoms with E-state index >= 15 is 0 Å². The van der Waals surface area contributed by atoms with E-state index in [0.717, 1.165) is 0 Å². The van der Waals surface area contributed by atoms with E-state index in [-0.39, 0.29) is 23.7 Å². The fourth-order valence-corrected chi connectivity index (χ4v) is 3.71. The maximum atomic E-state index is 12.2. The predicted molar refractivity (Wildman–Crippen MR) is 85.0 cm³/mol. The molecule has 0 aliphatic rings. The number of rotatable bonds is 9. The lowest BCUT2D eigenvalue weighted by Gasteiger charge is -2.10. The summed E-state index contributed by atoms with van der Waals surface area (Å²) < 4.78 is 56.7. The second-order valence-electron chi connectivity index (χ2n) is 4.68. The van der Waals surface area contributed by atoms with Crippen molar-refractivity contribution in [3.8, 4) is 5.75 Å². The normalized spacial score (nSPS) is 12.3. The van der Waals surface area contributed by atoms with Crippen molar-refractivity contribution in [3.63, 3.8) is 0 Å². The Labute approximate surface area is 132 Å². The molecule has 126 valence electrons. The molecule has 7 nitrogen and oxygen atoms in total. The van der Waals surface area contributed by atoms with E-state index in [1.54, 1.807) is 19.1 Å². The van der Waals surface area contributed by atoms with Crippen LogP contribution < -0.4 is 14.2 Å². The second-order valence-corrected chi connectivity index (χ2v) is 8.51. The van der Waals surface area contributed by atoms with Crippen molar-refractivity contribution in [2.75, 3.05) is 26.0 Å². The molecule has 0 fully saturated rings. The zero-order chi connectivity index (χ0) is 16.8. The Bertz CT molecular complexity index is 699. The second kappa shape index (κ2) is 7.91. The van der Waals surface area contributed by atoms with Crippen molar-refractivity contribution in [1.29, 1.82) is 0 Å². The molecule has 0 aliphatic carbocycles. The zero-order valence-corrected chi connectivity index (χ0v) is 14.6. The summed E-state index contributed by atoms with van der Waals surface area (Å²) in [6.07, 6.45) is 0.369. The molecule has 1 aromatic rings. The van der Waals surface area contributed by atoms with Crippen LogP contribution in [0.15, 0.2) is 23.1 Å². The highest BCUT2D eigenvalue weighted by Crippen LogP contribution is 2.20. The van der Waals surface area contributed by atoms with E-state index in [2.05, 4.69) is 9.44 Å². The van der Waals surface area contributed by atoms with Crippen LogP contribution in [-0.4, -0.2) is 42.8 Å². The Morgan fingerprint density at radius 1 is 1.09 bits per heavy atom. The van der Waals surface area contributed by atoms with Gasteiger partial charge < -0.3 is 4.74 Å². The monoisotopic (exact) mass is 350 g/mol. The molecule has 1 rings (SSSR count). The van der Waals surface area contributed by atoms with Gasteiger partial charge in [-0.1, -0.05) is 0 Å². The molecule has 0 saturated heterocycles. The average molecular weight is 350 g/mol. The molecule has 0 amide bonds. The van der Waals surface area contributed by atoms with Gasteiger partial charge in [0.05, 0.1) is 17.8 Å². The largest absolute Gasteiger partial charge is 0.497 e. The molecule has 9 heteroatoms. The maximum absolute atomic E-state index is 12.2. The molecule has 0 bridgehead atoms. The summed E-state index contributed by atoms with van der Waals surface area (Å²) in [4.78, 5) is 0.183. The molecular weight excluding hydrogens is 328 g/mol. The van der Waals surface area contributed by atoms with Crippen molar-refractivity contribution in [1.82, 2.24) is 9.44 Å². The summed E-state index contributed by atoms with van der Waals surface area (Å²) in [5, 5.41) is 0. The fraction of sp³-hybridized carbons (Fsp3) is 0.538. The van der Waals surface area contributed by atoms with Crippen molar-refractivity contribution in [2.24, 2.45) is 0 Å². The number of sulfonamides is 2. The summed E-state index contributed by atoms with van der Waals surface area (Å²) in [7, 11) is -5.35. The number of ether oxygens (including phenoxy) is 1. The van der Waals surface area contributed by atoms with Crippen LogP contribution >= 0.6 is 0 Å². The molecule has 0 radical (unpaired) electrons. The molecule has 0 saturated carbocycles. The van der Waals surface area contributed by atoms with Gasteiger partial charge in [0.1, 0.15) is 5.75 Å². The first kappa shape index (κ1) is 18.9. The Kier molecular flexibility index (Phi) is 6.79. The van der Waals surface area contributed by atoms with Crippen LogP contribution in [0.1, 0.15) is 18.9 Å². The van der Waals surface area contributed by atoms with Gasteiger partial charge in [0, 0.05) is 13.1 Å². The van der Waals surface area contributed by atoms with Crippen LogP contribution in [0.4, 0.5) is 0 Å². The third-order valence-electron chi connectivity index (χ3n) is 3.02. The van der Waals surface area contributed by atoms with E-state index in [1.807, 2.05) is 0 Å². The topological polar surface area (TPSA) is 102 Å². The van der Waals surface area contributed by atoms with Gasteiger partial charge in [0.15, 0.2) is 0 Å². The molecule has 0 aliphatic heterocycles. The number of aryl methyl sites for hydroxylation is 1. The van der Waals surface area contributed by atoms with Crippen LogP contribution in [0, 0.1) is 6.92 Å². The van der Waals surface area contributed by atoms with Gasteiger partial charge in [0.2, 0.25) is 20.0 Å². The predicted octanol–water partition coefficient (Wildman–Crippen LogP) is 0.611. The van der Waals surface area contributed by atoms with Gasteiger partial charge in [-0.3, -0.25) is 0 Å². The summed E-state index contributed by atoms with van der Waals surface area (Å²) >= 11 is 0. The first-order valence-corrected chi connectivity index (χ1v) is 9.97. The van der Waals surface area contributed by atoms with Crippen molar-refractivity contribution >= 4 is 20.0 Å². The van der Waals surface area contributed by atoms with Gasteiger partial charge in [-0.2, -0.15) is 0 Å². The highest BCUT2D eigenvalue weighted by molar-refractivity contribution is 7.89. The minimum Gasteiger partial charge on any atom is -0.497 e. The van der Waals surface area contributed by atoms with Gasteiger partial charge in [-0.05, 0) is 44.0 Å². The Hall–Kier alpha value is -1.16.